The molecule has 0 spiro atoms. The second kappa shape index (κ2) is 36.9. The standard InChI is InChI=1S/C42H81N2O12P/c1-3-5-7-9-11-13-15-17-19-21-25-35(41(47)48)31-36(38(42(49)50)26-22-20-18-16-14-12-10-8-6-4-2)32-54-57(51,52)55-34-37(56-40(46)28-24-30-44)33-53-39(45)27-23-29-43/h35-38H,3-34,43-44H2,1-2H3,(H,47,48)(H,49,50)(H,51,52). The molecule has 0 saturated heterocycles. The van der Waals surface area contributed by atoms with Crippen LogP contribution in [0.1, 0.15) is 187 Å². The molecule has 0 radical (unpaired) electrons. The molecule has 0 saturated carbocycles. The molecule has 14 nitrogen and oxygen atoms in total. The third-order valence-corrected chi connectivity index (χ3v) is 11.3. The van der Waals surface area contributed by atoms with E-state index in [-0.39, 0.29) is 38.8 Å². The van der Waals surface area contributed by atoms with Gasteiger partial charge in [0.25, 0.3) is 0 Å². The van der Waals surface area contributed by atoms with Gasteiger partial charge < -0.3 is 36.0 Å². The van der Waals surface area contributed by atoms with E-state index >= 15 is 0 Å². The molecule has 0 heterocycles. The van der Waals surface area contributed by atoms with Crippen LogP contribution in [0.4, 0.5) is 0 Å². The molecule has 0 fully saturated rings. The molecule has 57 heavy (non-hydrogen) atoms. The first kappa shape index (κ1) is 54.9. The van der Waals surface area contributed by atoms with Gasteiger partial charge in [0.05, 0.1) is 25.0 Å². The van der Waals surface area contributed by atoms with Crippen molar-refractivity contribution in [1.82, 2.24) is 0 Å². The number of hydrogen-bond donors (Lipinski definition) is 5. The van der Waals surface area contributed by atoms with Crippen molar-refractivity contribution in [3.8, 4) is 0 Å². The smallest absolute Gasteiger partial charge is 0.472 e. The number of nitrogens with two attached hydrogens (primary N) is 2. The number of carbonyl (C=O) groups is 4. The number of esters is 2. The SMILES string of the molecule is CCCCCCCCCCCCC(CC(COP(=O)(O)OCC(COC(=O)CCCN)OC(=O)CCCN)C(CCCCCCCCCCCC)C(=O)O)C(=O)O. The van der Waals surface area contributed by atoms with Crippen LogP contribution in [0.15, 0.2) is 0 Å². The summed E-state index contributed by atoms with van der Waals surface area (Å²) in [4.78, 5) is 60.2. The van der Waals surface area contributed by atoms with Gasteiger partial charge in [0.2, 0.25) is 0 Å². The van der Waals surface area contributed by atoms with Crippen LogP contribution < -0.4 is 11.5 Å². The molecule has 0 amide bonds. The van der Waals surface area contributed by atoms with Gasteiger partial charge in [0, 0.05) is 12.8 Å². The maximum Gasteiger partial charge on any atom is 0.472 e. The molecule has 7 N–H and O–H groups in total. The molecule has 15 heteroatoms. The predicted molar refractivity (Wildman–Crippen MR) is 222 cm³/mol. The van der Waals surface area contributed by atoms with Crippen LogP contribution in [-0.2, 0) is 42.3 Å². The fraction of sp³-hybridized carbons (Fsp3) is 0.905. The van der Waals surface area contributed by atoms with Gasteiger partial charge in [0.1, 0.15) is 6.61 Å². The van der Waals surface area contributed by atoms with Gasteiger partial charge in [-0.2, -0.15) is 0 Å². The zero-order chi connectivity index (χ0) is 42.6. The molecule has 0 aliphatic heterocycles. The monoisotopic (exact) mass is 837 g/mol. The normalized spacial score (nSPS) is 14.7. The number of ether oxygens (including phenoxy) is 2. The highest BCUT2D eigenvalue weighted by molar-refractivity contribution is 7.47. The van der Waals surface area contributed by atoms with Gasteiger partial charge in [-0.15, -0.1) is 0 Å². The number of phosphoric ester groups is 1. The first-order valence-electron chi connectivity index (χ1n) is 22.2. The highest BCUT2D eigenvalue weighted by Gasteiger charge is 2.35. The summed E-state index contributed by atoms with van der Waals surface area (Å²) in [6.07, 6.45) is 21.8. The molecule has 0 aromatic heterocycles. The van der Waals surface area contributed by atoms with Crippen molar-refractivity contribution in [2.45, 2.75) is 193 Å². The first-order valence-corrected chi connectivity index (χ1v) is 23.7. The largest absolute Gasteiger partial charge is 0.481 e. The summed E-state index contributed by atoms with van der Waals surface area (Å²) < 4.78 is 34.2. The number of carboxylic acid groups (broad SMARTS) is 2. The summed E-state index contributed by atoms with van der Waals surface area (Å²) in [6.45, 7) is 3.27. The van der Waals surface area contributed by atoms with Gasteiger partial charge in [-0.1, -0.05) is 142 Å². The topological polar surface area (TPSA) is 235 Å². The lowest BCUT2D eigenvalue weighted by molar-refractivity contribution is -0.161. The number of phosphoric acid groups is 1. The maximum atomic E-state index is 13.2. The molecule has 5 atom stereocenters. The fourth-order valence-corrected chi connectivity index (χ4v) is 7.67. The van der Waals surface area contributed by atoms with E-state index in [1.807, 2.05) is 0 Å². The Hall–Kier alpha value is -2.09. The number of hydrogen-bond acceptors (Lipinski definition) is 11. The Kier molecular flexibility index (Phi) is 35.6. The van der Waals surface area contributed by atoms with Gasteiger partial charge in [-0.25, -0.2) is 4.57 Å². The molecular weight excluding hydrogens is 755 g/mol. The van der Waals surface area contributed by atoms with E-state index in [0.29, 0.717) is 32.1 Å². The van der Waals surface area contributed by atoms with E-state index in [0.717, 1.165) is 51.4 Å². The summed E-state index contributed by atoms with van der Waals surface area (Å²) in [6, 6.07) is 0. The second-order valence-corrected chi connectivity index (χ2v) is 17.0. The minimum absolute atomic E-state index is 0.0252. The molecule has 0 aliphatic carbocycles. The predicted octanol–water partition coefficient (Wildman–Crippen LogP) is 9.08. The van der Waals surface area contributed by atoms with Crippen LogP contribution in [-0.4, -0.2) is 78.0 Å². The van der Waals surface area contributed by atoms with Crippen molar-refractivity contribution in [2.24, 2.45) is 29.2 Å². The van der Waals surface area contributed by atoms with Gasteiger partial charge in [-0.3, -0.25) is 28.2 Å². The number of aliphatic carboxylic acids is 2. The molecule has 0 aromatic rings. The lowest BCUT2D eigenvalue weighted by Crippen LogP contribution is -2.32. The summed E-state index contributed by atoms with van der Waals surface area (Å²) in [5.74, 6) is -6.16. The van der Waals surface area contributed by atoms with Crippen LogP contribution in [0, 0.1) is 17.8 Å². The van der Waals surface area contributed by atoms with Crippen LogP contribution in [0.25, 0.3) is 0 Å². The van der Waals surface area contributed by atoms with Crippen molar-refractivity contribution in [2.75, 3.05) is 32.9 Å². The van der Waals surface area contributed by atoms with Crippen LogP contribution in [0.3, 0.4) is 0 Å². The number of carboxylic acids is 2. The van der Waals surface area contributed by atoms with E-state index < -0.39 is 75.4 Å². The average Bonchev–Trinajstić information content (AvgIpc) is 3.17. The van der Waals surface area contributed by atoms with E-state index in [1.54, 1.807) is 0 Å². The maximum absolute atomic E-state index is 13.2. The van der Waals surface area contributed by atoms with Crippen molar-refractivity contribution in [3.05, 3.63) is 0 Å². The number of unbranched alkanes of at least 4 members (excludes halogenated alkanes) is 18. The van der Waals surface area contributed by atoms with E-state index in [1.165, 1.54) is 64.2 Å². The van der Waals surface area contributed by atoms with Crippen LogP contribution >= 0.6 is 7.82 Å². The quantitative estimate of drug-likeness (QED) is 0.0219. The molecule has 0 bridgehead atoms. The third kappa shape index (κ3) is 32.4. The molecule has 0 aromatic carbocycles. The summed E-state index contributed by atoms with van der Waals surface area (Å²) in [7, 11) is -4.88. The average molecular weight is 837 g/mol. The van der Waals surface area contributed by atoms with Crippen molar-refractivity contribution in [1.29, 1.82) is 0 Å². The lowest BCUT2D eigenvalue weighted by atomic mass is 9.80. The summed E-state index contributed by atoms with van der Waals surface area (Å²) in [5, 5.41) is 20.5. The molecule has 0 rings (SSSR count). The molecular formula is C42H81N2O12P. The third-order valence-electron chi connectivity index (χ3n) is 10.4. The zero-order valence-electron chi connectivity index (χ0n) is 35.6. The van der Waals surface area contributed by atoms with E-state index in [4.69, 9.17) is 30.0 Å². The minimum atomic E-state index is -4.88. The summed E-state index contributed by atoms with van der Waals surface area (Å²) >= 11 is 0. The zero-order valence-corrected chi connectivity index (χ0v) is 36.4. The van der Waals surface area contributed by atoms with E-state index in [2.05, 4.69) is 13.8 Å². The molecule has 5 unspecified atom stereocenters. The van der Waals surface area contributed by atoms with Gasteiger partial charge in [0.15, 0.2) is 6.10 Å². The first-order chi connectivity index (χ1) is 27.4. The highest BCUT2D eigenvalue weighted by atomic mass is 31.2. The van der Waals surface area contributed by atoms with Crippen molar-refractivity contribution < 1.29 is 57.4 Å². The Morgan fingerprint density at radius 3 is 1.46 bits per heavy atom. The highest BCUT2D eigenvalue weighted by Crippen LogP contribution is 2.45. The van der Waals surface area contributed by atoms with Crippen LogP contribution in [0.5, 0.6) is 0 Å². The molecule has 0 aliphatic rings. The second-order valence-electron chi connectivity index (χ2n) is 15.6. The minimum Gasteiger partial charge on any atom is -0.481 e. The Bertz CT molecular complexity index is 1080. The Morgan fingerprint density at radius 1 is 0.561 bits per heavy atom. The Labute approximate surface area is 343 Å². The fourth-order valence-electron chi connectivity index (χ4n) is 6.86. The summed E-state index contributed by atoms with van der Waals surface area (Å²) in [5.41, 5.74) is 10.9. The van der Waals surface area contributed by atoms with Crippen LogP contribution in [0.2, 0.25) is 0 Å². The number of rotatable bonds is 42. The number of carbonyl (C=O) groups excluding carboxylic acids is 2. The Balaban J connectivity index is 5.62. The molecule has 336 valence electrons. The van der Waals surface area contributed by atoms with Gasteiger partial charge in [-0.05, 0) is 51.1 Å². The van der Waals surface area contributed by atoms with E-state index in [9.17, 15) is 38.8 Å². The lowest BCUT2D eigenvalue weighted by Gasteiger charge is -2.27. The van der Waals surface area contributed by atoms with Crippen molar-refractivity contribution in [3.63, 3.8) is 0 Å². The Morgan fingerprint density at radius 2 is 1.00 bits per heavy atom. The van der Waals surface area contributed by atoms with Crippen molar-refractivity contribution >= 4 is 31.7 Å². The van der Waals surface area contributed by atoms with Gasteiger partial charge >= 0.3 is 31.7 Å².